The van der Waals surface area contributed by atoms with Crippen LogP contribution in [0.15, 0.2) is 48.0 Å². The Morgan fingerprint density at radius 2 is 1.77 bits per heavy atom. The number of nitrogens with two attached hydrogens (primary N) is 1. The number of nitrogens with one attached hydrogen (secondary N) is 1. The van der Waals surface area contributed by atoms with E-state index in [1.54, 1.807) is 14.2 Å². The van der Waals surface area contributed by atoms with Crippen molar-refractivity contribution in [2.75, 3.05) is 14.2 Å². The van der Waals surface area contributed by atoms with Crippen molar-refractivity contribution in [1.82, 2.24) is 10.4 Å². The van der Waals surface area contributed by atoms with E-state index in [1.165, 1.54) is 16.7 Å². The molecule has 134 valence electrons. The number of nitrogens with zero attached hydrogens (tertiary/aromatic N) is 1. The zero-order valence-corrected chi connectivity index (χ0v) is 15.6. The van der Waals surface area contributed by atoms with Crippen LogP contribution in [0, 0.1) is 0 Å². The normalized spacial score (nSPS) is 18.1. The molecule has 0 aromatic heterocycles. The first kappa shape index (κ1) is 16.7. The Hall–Kier alpha value is -2.73. The summed E-state index contributed by atoms with van der Waals surface area (Å²) in [6.07, 6.45) is 1.91. The molecule has 1 unspecified atom stereocenters. The quantitative estimate of drug-likeness (QED) is 0.813. The highest BCUT2D eigenvalue weighted by Crippen LogP contribution is 2.44. The van der Waals surface area contributed by atoms with E-state index in [-0.39, 0.29) is 6.04 Å². The summed E-state index contributed by atoms with van der Waals surface area (Å²) >= 11 is 5.31. The number of hydrogen-bond acceptors (Lipinski definition) is 4. The highest BCUT2D eigenvalue weighted by atomic mass is 32.1. The zero-order valence-electron chi connectivity index (χ0n) is 14.8. The number of aryl methyl sites for hydroxylation is 1. The predicted molar refractivity (Wildman–Crippen MR) is 106 cm³/mol. The summed E-state index contributed by atoms with van der Waals surface area (Å²) in [4.78, 5) is 0. The van der Waals surface area contributed by atoms with Gasteiger partial charge in [0.1, 0.15) is 17.5 Å². The molecule has 2 aliphatic rings. The van der Waals surface area contributed by atoms with Gasteiger partial charge in [-0.05, 0) is 72.1 Å². The van der Waals surface area contributed by atoms with Crippen molar-refractivity contribution in [1.29, 1.82) is 0 Å². The lowest BCUT2D eigenvalue weighted by Crippen LogP contribution is -2.43. The molecule has 26 heavy (non-hydrogen) atoms. The molecule has 4 rings (SSSR count). The van der Waals surface area contributed by atoms with E-state index < -0.39 is 0 Å². The van der Waals surface area contributed by atoms with Crippen LogP contribution in [0.4, 0.5) is 0 Å². The first-order valence-electron chi connectivity index (χ1n) is 8.52. The highest BCUT2D eigenvalue weighted by molar-refractivity contribution is 7.80. The molecule has 0 spiro atoms. The van der Waals surface area contributed by atoms with Crippen molar-refractivity contribution in [2.24, 2.45) is 5.73 Å². The summed E-state index contributed by atoms with van der Waals surface area (Å²) in [5.41, 5.74) is 15.5. The Labute approximate surface area is 158 Å². The Morgan fingerprint density at radius 1 is 1.08 bits per heavy atom. The molecule has 0 saturated carbocycles. The maximum atomic E-state index is 6.02. The zero-order chi connectivity index (χ0) is 18.3. The minimum atomic E-state index is -0.0105. The fourth-order valence-corrected chi connectivity index (χ4v) is 3.93. The number of rotatable bonds is 3. The smallest absolute Gasteiger partial charge is 0.186 e. The van der Waals surface area contributed by atoms with E-state index >= 15 is 0 Å². The third-order valence-electron chi connectivity index (χ3n) is 5.06. The average molecular weight is 367 g/mol. The summed E-state index contributed by atoms with van der Waals surface area (Å²) < 4.78 is 10.6. The van der Waals surface area contributed by atoms with Gasteiger partial charge in [-0.1, -0.05) is 12.1 Å². The van der Waals surface area contributed by atoms with Crippen molar-refractivity contribution >= 4 is 23.0 Å². The first-order valence-corrected chi connectivity index (χ1v) is 8.93. The molecule has 0 saturated heterocycles. The molecule has 0 amide bonds. The molecule has 0 bridgehead atoms. The van der Waals surface area contributed by atoms with Gasteiger partial charge in [-0.3, -0.25) is 10.4 Å². The number of benzene rings is 2. The Morgan fingerprint density at radius 3 is 2.42 bits per heavy atom. The number of thiocarbonyl (C=S) groups is 1. The molecule has 2 aromatic rings. The fraction of sp³-hybridized carbons (Fsp3) is 0.250. The van der Waals surface area contributed by atoms with Crippen LogP contribution in [0.25, 0.3) is 5.70 Å². The maximum absolute atomic E-state index is 6.02. The van der Waals surface area contributed by atoms with Crippen LogP contribution in [0.1, 0.15) is 29.2 Å². The lowest BCUT2D eigenvalue weighted by Gasteiger charge is -2.27. The van der Waals surface area contributed by atoms with Crippen molar-refractivity contribution in [3.05, 3.63) is 64.7 Å². The largest absolute Gasteiger partial charge is 0.497 e. The monoisotopic (exact) mass is 367 g/mol. The van der Waals surface area contributed by atoms with Crippen LogP contribution in [-0.4, -0.2) is 24.3 Å². The lowest BCUT2D eigenvalue weighted by molar-refractivity contribution is 0.334. The second-order valence-corrected chi connectivity index (χ2v) is 6.84. The molecular formula is C20H21N3O2S. The van der Waals surface area contributed by atoms with Crippen molar-refractivity contribution < 1.29 is 9.47 Å². The van der Waals surface area contributed by atoms with E-state index in [4.69, 9.17) is 27.4 Å². The van der Waals surface area contributed by atoms with Crippen LogP contribution in [-0.2, 0) is 6.42 Å². The number of ether oxygens (including phenoxy) is 2. The van der Waals surface area contributed by atoms with Crippen LogP contribution in [0.2, 0.25) is 0 Å². The topological polar surface area (TPSA) is 59.8 Å². The van der Waals surface area contributed by atoms with Crippen LogP contribution >= 0.6 is 12.2 Å². The SMILES string of the molecule is COc1ccc(C2C3=C(NN2C(N)=S)c2ccc(OC)cc2CC3)cc1. The molecule has 1 heterocycles. The van der Waals surface area contributed by atoms with Crippen LogP contribution in [0.3, 0.4) is 0 Å². The van der Waals surface area contributed by atoms with Gasteiger partial charge in [0.25, 0.3) is 0 Å². The third-order valence-corrected chi connectivity index (χ3v) is 5.25. The van der Waals surface area contributed by atoms with Gasteiger partial charge in [-0.2, -0.15) is 0 Å². The number of hydrazine groups is 1. The molecule has 1 atom stereocenters. The fourth-order valence-electron chi connectivity index (χ4n) is 3.78. The molecule has 0 fully saturated rings. The lowest BCUT2D eigenvalue weighted by atomic mass is 9.85. The number of hydrogen-bond donors (Lipinski definition) is 2. The third kappa shape index (κ3) is 2.66. The second kappa shape index (κ2) is 6.53. The average Bonchev–Trinajstić information content (AvgIpc) is 3.07. The minimum absolute atomic E-state index is 0.0105. The highest BCUT2D eigenvalue weighted by Gasteiger charge is 2.37. The van der Waals surface area contributed by atoms with E-state index in [0.29, 0.717) is 5.11 Å². The summed E-state index contributed by atoms with van der Waals surface area (Å²) in [6, 6.07) is 14.2. The van der Waals surface area contributed by atoms with Gasteiger partial charge in [0.15, 0.2) is 5.11 Å². The van der Waals surface area contributed by atoms with Gasteiger partial charge >= 0.3 is 0 Å². The molecule has 5 nitrogen and oxygen atoms in total. The van der Waals surface area contributed by atoms with E-state index in [1.807, 2.05) is 23.2 Å². The standard InChI is InChI=1S/C20H21N3O2S/c1-24-14-6-3-12(4-7-14)19-17-9-5-13-11-15(25-2)8-10-16(13)18(17)22-23(19)20(21)26/h3-4,6-8,10-11,19,22H,5,9H2,1-2H3,(H2,21,26). The summed E-state index contributed by atoms with van der Waals surface area (Å²) in [7, 11) is 3.36. The molecule has 1 aliphatic heterocycles. The molecule has 2 aromatic carbocycles. The van der Waals surface area contributed by atoms with Crippen molar-refractivity contribution in [2.45, 2.75) is 18.9 Å². The first-order chi connectivity index (χ1) is 12.6. The van der Waals surface area contributed by atoms with E-state index in [2.05, 4.69) is 29.7 Å². The Bertz CT molecular complexity index is 892. The van der Waals surface area contributed by atoms with Gasteiger partial charge in [0, 0.05) is 5.56 Å². The van der Waals surface area contributed by atoms with Crippen LogP contribution in [0.5, 0.6) is 11.5 Å². The molecular weight excluding hydrogens is 346 g/mol. The maximum Gasteiger partial charge on any atom is 0.186 e. The van der Waals surface area contributed by atoms with E-state index in [9.17, 15) is 0 Å². The predicted octanol–water partition coefficient (Wildman–Crippen LogP) is 3.17. The second-order valence-electron chi connectivity index (χ2n) is 6.42. The number of methoxy groups -OCH3 is 2. The van der Waals surface area contributed by atoms with Crippen molar-refractivity contribution in [3.63, 3.8) is 0 Å². The molecule has 1 aliphatic carbocycles. The summed E-state index contributed by atoms with van der Waals surface area (Å²) in [5, 5.41) is 2.21. The molecule has 6 heteroatoms. The summed E-state index contributed by atoms with van der Waals surface area (Å²) in [6.45, 7) is 0. The van der Waals surface area contributed by atoms with E-state index in [0.717, 1.165) is 35.6 Å². The minimum Gasteiger partial charge on any atom is -0.497 e. The molecule has 3 N–H and O–H groups in total. The van der Waals surface area contributed by atoms with Gasteiger partial charge in [-0.25, -0.2) is 0 Å². The molecule has 0 radical (unpaired) electrons. The van der Waals surface area contributed by atoms with Gasteiger partial charge in [-0.15, -0.1) is 0 Å². The van der Waals surface area contributed by atoms with Gasteiger partial charge in [0.05, 0.1) is 19.9 Å². The number of fused-ring (bicyclic) bond motifs is 2. The van der Waals surface area contributed by atoms with Gasteiger partial charge in [0.2, 0.25) is 0 Å². The van der Waals surface area contributed by atoms with Crippen LogP contribution < -0.4 is 20.6 Å². The Kier molecular flexibility index (Phi) is 4.20. The van der Waals surface area contributed by atoms with Crippen molar-refractivity contribution in [3.8, 4) is 11.5 Å². The van der Waals surface area contributed by atoms with Gasteiger partial charge < -0.3 is 15.2 Å². The Balaban J connectivity index is 1.79. The summed E-state index contributed by atoms with van der Waals surface area (Å²) in [5.74, 6) is 1.71.